The fourth-order valence-electron chi connectivity index (χ4n) is 3.47. The third-order valence-electron chi connectivity index (χ3n) is 4.96. The summed E-state index contributed by atoms with van der Waals surface area (Å²) in [6.07, 6.45) is 1.37. The number of amides is 2. The number of likely N-dealkylation sites (tertiary alicyclic amines) is 1. The number of nitrogens with zero attached hydrogens (tertiary/aromatic N) is 1. The van der Waals surface area contributed by atoms with Crippen LogP contribution in [0.3, 0.4) is 0 Å². The van der Waals surface area contributed by atoms with Gasteiger partial charge in [-0.15, -0.1) is 0 Å². The molecule has 0 spiro atoms. The first-order chi connectivity index (χ1) is 13.7. The minimum Gasteiger partial charge on any atom is -0.445 e. The fourth-order valence-corrected chi connectivity index (χ4v) is 3.47. The van der Waals surface area contributed by atoms with Gasteiger partial charge in [0.05, 0.1) is 12.6 Å². The van der Waals surface area contributed by atoms with Crippen LogP contribution in [-0.2, 0) is 22.6 Å². The third kappa shape index (κ3) is 5.33. The molecule has 2 aromatic rings. The average molecular weight is 382 g/mol. The summed E-state index contributed by atoms with van der Waals surface area (Å²) in [6, 6.07) is 18.0. The van der Waals surface area contributed by atoms with Gasteiger partial charge in [0.25, 0.3) is 0 Å². The highest BCUT2D eigenvalue weighted by molar-refractivity contribution is 5.86. The van der Waals surface area contributed by atoms with Crippen molar-refractivity contribution in [2.75, 3.05) is 13.2 Å². The van der Waals surface area contributed by atoms with E-state index in [4.69, 9.17) is 4.74 Å². The van der Waals surface area contributed by atoms with Crippen LogP contribution < -0.4 is 5.32 Å². The predicted molar refractivity (Wildman–Crippen MR) is 106 cm³/mol. The van der Waals surface area contributed by atoms with Gasteiger partial charge in [-0.05, 0) is 24.0 Å². The van der Waals surface area contributed by atoms with E-state index in [0.29, 0.717) is 13.0 Å². The van der Waals surface area contributed by atoms with Crippen LogP contribution in [-0.4, -0.2) is 47.2 Å². The summed E-state index contributed by atoms with van der Waals surface area (Å²) >= 11 is 0. The molecule has 1 aliphatic rings. The number of hydrogen-bond donors (Lipinski definition) is 2. The van der Waals surface area contributed by atoms with Crippen molar-refractivity contribution in [2.24, 2.45) is 0 Å². The van der Waals surface area contributed by atoms with Crippen LogP contribution in [0.1, 0.15) is 24.0 Å². The van der Waals surface area contributed by atoms with Crippen molar-refractivity contribution in [1.29, 1.82) is 0 Å². The van der Waals surface area contributed by atoms with Crippen molar-refractivity contribution >= 4 is 12.0 Å². The highest BCUT2D eigenvalue weighted by Gasteiger charge is 2.33. The van der Waals surface area contributed by atoms with Gasteiger partial charge >= 0.3 is 6.09 Å². The number of hydrogen-bond acceptors (Lipinski definition) is 4. The molecule has 0 radical (unpaired) electrons. The van der Waals surface area contributed by atoms with Crippen LogP contribution in [0.4, 0.5) is 4.79 Å². The Labute approximate surface area is 165 Å². The second-order valence-electron chi connectivity index (χ2n) is 6.96. The van der Waals surface area contributed by atoms with Crippen LogP contribution in [0.25, 0.3) is 0 Å². The van der Waals surface area contributed by atoms with E-state index in [1.165, 1.54) is 0 Å². The molecule has 2 amide bonds. The summed E-state index contributed by atoms with van der Waals surface area (Å²) in [5.74, 6) is -0.183. The Balaban J connectivity index is 1.66. The van der Waals surface area contributed by atoms with Crippen LogP contribution in [0, 0.1) is 0 Å². The zero-order chi connectivity index (χ0) is 19.8. The molecular formula is C22H26N2O4. The smallest absolute Gasteiger partial charge is 0.408 e. The van der Waals surface area contributed by atoms with Crippen LogP contribution in [0.2, 0.25) is 0 Å². The highest BCUT2D eigenvalue weighted by Crippen LogP contribution is 2.19. The number of aliphatic hydroxyl groups is 1. The first kappa shape index (κ1) is 19.9. The van der Waals surface area contributed by atoms with Crippen molar-refractivity contribution in [3.05, 3.63) is 71.8 Å². The number of ether oxygens (including phenoxy) is 1. The van der Waals surface area contributed by atoms with E-state index < -0.39 is 12.1 Å². The summed E-state index contributed by atoms with van der Waals surface area (Å²) in [5.41, 5.74) is 1.83. The third-order valence-corrected chi connectivity index (χ3v) is 4.96. The summed E-state index contributed by atoms with van der Waals surface area (Å²) < 4.78 is 5.29. The second kappa shape index (κ2) is 9.90. The Hall–Kier alpha value is -2.86. The number of carbonyl (C=O) groups is 2. The molecule has 0 unspecified atom stereocenters. The Kier molecular flexibility index (Phi) is 7.03. The zero-order valence-electron chi connectivity index (χ0n) is 15.8. The molecular weight excluding hydrogens is 356 g/mol. The molecule has 0 bridgehead atoms. The minimum absolute atomic E-state index is 0.0672. The first-order valence-electron chi connectivity index (χ1n) is 9.60. The normalized spacial score (nSPS) is 17.2. The molecule has 0 aliphatic carbocycles. The van der Waals surface area contributed by atoms with Crippen LogP contribution in [0.15, 0.2) is 60.7 Å². The molecule has 1 saturated heterocycles. The van der Waals surface area contributed by atoms with Gasteiger partial charge in [-0.2, -0.15) is 0 Å². The molecule has 2 N–H and O–H groups in total. The van der Waals surface area contributed by atoms with Gasteiger partial charge in [0.1, 0.15) is 12.6 Å². The van der Waals surface area contributed by atoms with E-state index in [9.17, 15) is 14.7 Å². The lowest BCUT2D eigenvalue weighted by Gasteiger charge is -2.28. The molecule has 148 valence electrons. The van der Waals surface area contributed by atoms with E-state index in [2.05, 4.69) is 5.32 Å². The molecule has 1 heterocycles. The van der Waals surface area contributed by atoms with Crippen LogP contribution in [0.5, 0.6) is 0 Å². The molecule has 1 aliphatic heterocycles. The fraction of sp³-hybridized carbons (Fsp3) is 0.364. The number of nitrogens with one attached hydrogen (secondary N) is 1. The SMILES string of the molecule is O=C(N[C@H](Cc1ccccc1)C(=O)N1CCC[C@H]1CO)OCc1ccccc1. The van der Waals surface area contributed by atoms with Gasteiger partial charge in [-0.3, -0.25) is 4.79 Å². The summed E-state index contributed by atoms with van der Waals surface area (Å²) in [4.78, 5) is 27.1. The Bertz CT molecular complexity index is 767. The Morgan fingerprint density at radius 3 is 2.36 bits per heavy atom. The largest absolute Gasteiger partial charge is 0.445 e. The minimum atomic E-state index is -0.738. The number of aliphatic hydroxyl groups excluding tert-OH is 1. The van der Waals surface area contributed by atoms with Crippen molar-refractivity contribution in [3.8, 4) is 0 Å². The monoisotopic (exact) mass is 382 g/mol. The molecule has 0 aromatic heterocycles. The molecule has 6 heteroatoms. The van der Waals surface area contributed by atoms with E-state index in [0.717, 1.165) is 24.0 Å². The maximum Gasteiger partial charge on any atom is 0.408 e. The van der Waals surface area contributed by atoms with E-state index in [1.54, 1.807) is 4.90 Å². The van der Waals surface area contributed by atoms with Crippen LogP contribution >= 0.6 is 0 Å². The molecule has 28 heavy (non-hydrogen) atoms. The Morgan fingerprint density at radius 2 is 1.71 bits per heavy atom. The molecule has 3 rings (SSSR count). The van der Waals surface area contributed by atoms with Gasteiger partial charge < -0.3 is 20.1 Å². The standard InChI is InChI=1S/C22H26N2O4/c25-15-19-12-7-13-24(19)21(26)20(14-17-8-3-1-4-9-17)23-22(27)28-16-18-10-5-2-6-11-18/h1-6,8-11,19-20,25H,7,12-16H2,(H,23,27)/t19-,20+/m0/s1. The van der Waals surface area contributed by atoms with Gasteiger partial charge in [0.15, 0.2) is 0 Å². The second-order valence-corrected chi connectivity index (χ2v) is 6.96. The van der Waals surface area contributed by atoms with Gasteiger partial charge in [0.2, 0.25) is 5.91 Å². The van der Waals surface area contributed by atoms with Crippen molar-refractivity contribution in [3.63, 3.8) is 0 Å². The van der Waals surface area contributed by atoms with E-state index in [1.807, 2.05) is 60.7 Å². The van der Waals surface area contributed by atoms with E-state index >= 15 is 0 Å². The van der Waals surface area contributed by atoms with E-state index in [-0.39, 0.29) is 25.2 Å². The van der Waals surface area contributed by atoms with Crippen molar-refractivity contribution in [1.82, 2.24) is 10.2 Å². The number of carbonyl (C=O) groups excluding carboxylic acids is 2. The number of benzene rings is 2. The predicted octanol–water partition coefficient (Wildman–Crippen LogP) is 2.51. The maximum absolute atomic E-state index is 13.1. The number of rotatable bonds is 7. The molecule has 1 fully saturated rings. The lowest BCUT2D eigenvalue weighted by Crippen LogP contribution is -2.51. The van der Waals surface area contributed by atoms with Gasteiger partial charge in [-0.1, -0.05) is 60.7 Å². The lowest BCUT2D eigenvalue weighted by molar-refractivity contribution is -0.134. The summed E-state index contributed by atoms with van der Waals surface area (Å²) in [6.45, 7) is 0.667. The highest BCUT2D eigenvalue weighted by atomic mass is 16.5. The maximum atomic E-state index is 13.1. The van der Waals surface area contributed by atoms with Crippen molar-refractivity contribution in [2.45, 2.75) is 38.0 Å². The van der Waals surface area contributed by atoms with Gasteiger partial charge in [-0.25, -0.2) is 4.79 Å². The lowest BCUT2D eigenvalue weighted by atomic mass is 10.0. The topological polar surface area (TPSA) is 78.9 Å². The van der Waals surface area contributed by atoms with Gasteiger partial charge in [0, 0.05) is 13.0 Å². The zero-order valence-corrected chi connectivity index (χ0v) is 15.8. The molecule has 6 nitrogen and oxygen atoms in total. The molecule has 0 saturated carbocycles. The quantitative estimate of drug-likeness (QED) is 0.771. The molecule has 2 atom stereocenters. The molecule has 2 aromatic carbocycles. The number of alkyl carbamates (subject to hydrolysis) is 1. The summed E-state index contributed by atoms with van der Waals surface area (Å²) in [7, 11) is 0. The van der Waals surface area contributed by atoms with Crippen molar-refractivity contribution < 1.29 is 19.4 Å². The average Bonchev–Trinajstić information content (AvgIpc) is 3.21. The Morgan fingerprint density at radius 1 is 1.07 bits per heavy atom. The summed E-state index contributed by atoms with van der Waals surface area (Å²) in [5, 5.41) is 12.3. The first-order valence-corrected chi connectivity index (χ1v) is 9.60.